The molecule has 0 aliphatic heterocycles. The van der Waals surface area contributed by atoms with Crippen LogP contribution in [-0.4, -0.2) is 32.7 Å². The number of hydrogen-bond donors (Lipinski definition) is 1. The Morgan fingerprint density at radius 1 is 1.32 bits per heavy atom. The lowest BCUT2D eigenvalue weighted by molar-refractivity contribution is 0.102. The molecule has 0 radical (unpaired) electrons. The fourth-order valence-electron chi connectivity index (χ4n) is 1.73. The summed E-state index contributed by atoms with van der Waals surface area (Å²) < 4.78 is 5.58. The molecule has 0 saturated heterocycles. The second-order valence-electron chi connectivity index (χ2n) is 5.39. The lowest BCUT2D eigenvalue weighted by atomic mass is 10.2. The Morgan fingerprint density at radius 2 is 2.05 bits per heavy atom. The van der Waals surface area contributed by atoms with Crippen molar-refractivity contribution in [1.82, 2.24) is 20.2 Å². The number of benzene rings is 1. The van der Waals surface area contributed by atoms with Crippen LogP contribution in [0, 0.1) is 5.92 Å². The molecule has 0 saturated carbocycles. The van der Waals surface area contributed by atoms with Crippen molar-refractivity contribution in [3.63, 3.8) is 0 Å². The molecule has 22 heavy (non-hydrogen) atoms. The van der Waals surface area contributed by atoms with Gasteiger partial charge in [0.15, 0.2) is 0 Å². The van der Waals surface area contributed by atoms with Gasteiger partial charge in [-0.2, -0.15) is 4.80 Å². The Kier molecular flexibility index (Phi) is 5.46. The highest BCUT2D eigenvalue weighted by atomic mass is 16.5. The number of amides is 1. The van der Waals surface area contributed by atoms with E-state index in [4.69, 9.17) is 4.74 Å². The van der Waals surface area contributed by atoms with Crippen molar-refractivity contribution in [2.45, 2.75) is 33.7 Å². The molecule has 0 aliphatic carbocycles. The predicted octanol–water partition coefficient (Wildman–Crippen LogP) is 2.37. The molecule has 1 amide bonds. The Bertz CT molecular complexity index is 607. The van der Waals surface area contributed by atoms with E-state index < -0.39 is 0 Å². The second kappa shape index (κ2) is 7.53. The number of aryl methyl sites for hydroxylation is 1. The Morgan fingerprint density at radius 3 is 2.68 bits per heavy atom. The number of carbonyl (C=O) groups excluding carboxylic acids is 1. The van der Waals surface area contributed by atoms with Crippen LogP contribution in [0.3, 0.4) is 0 Å². The quantitative estimate of drug-likeness (QED) is 0.849. The maximum absolute atomic E-state index is 12.1. The zero-order valence-corrected chi connectivity index (χ0v) is 13.1. The standard InChI is InChI=1S/C15H21N5O2/c1-4-9-20-18-15(17-19-20)16-14(21)12-5-7-13(8-6-12)22-10-11(2)3/h5-8,11H,4,9-10H2,1-3H3,(H,16,18,21). The Labute approximate surface area is 129 Å². The summed E-state index contributed by atoms with van der Waals surface area (Å²) >= 11 is 0. The molecule has 1 aromatic carbocycles. The number of rotatable bonds is 7. The molecular formula is C15H21N5O2. The first-order chi connectivity index (χ1) is 10.6. The van der Waals surface area contributed by atoms with E-state index in [-0.39, 0.29) is 11.9 Å². The van der Waals surface area contributed by atoms with Gasteiger partial charge < -0.3 is 4.74 Å². The van der Waals surface area contributed by atoms with Crippen molar-refractivity contribution < 1.29 is 9.53 Å². The lowest BCUT2D eigenvalue weighted by Gasteiger charge is -2.08. The number of anilines is 1. The van der Waals surface area contributed by atoms with E-state index in [1.165, 1.54) is 4.80 Å². The predicted molar refractivity (Wildman–Crippen MR) is 82.8 cm³/mol. The van der Waals surface area contributed by atoms with Gasteiger partial charge in [0.1, 0.15) is 5.75 Å². The summed E-state index contributed by atoms with van der Waals surface area (Å²) in [7, 11) is 0. The summed E-state index contributed by atoms with van der Waals surface area (Å²) in [5.74, 6) is 1.14. The van der Waals surface area contributed by atoms with E-state index >= 15 is 0 Å². The van der Waals surface area contributed by atoms with Crippen LogP contribution < -0.4 is 10.1 Å². The van der Waals surface area contributed by atoms with Gasteiger partial charge in [-0.05, 0) is 41.8 Å². The van der Waals surface area contributed by atoms with Crippen LogP contribution in [-0.2, 0) is 6.54 Å². The van der Waals surface area contributed by atoms with Crippen LogP contribution in [0.4, 0.5) is 5.95 Å². The summed E-state index contributed by atoms with van der Waals surface area (Å²) in [6, 6.07) is 6.97. The van der Waals surface area contributed by atoms with Crippen LogP contribution in [0.15, 0.2) is 24.3 Å². The van der Waals surface area contributed by atoms with E-state index in [0.29, 0.717) is 24.6 Å². The maximum Gasteiger partial charge on any atom is 0.270 e. The third kappa shape index (κ3) is 4.54. The average Bonchev–Trinajstić information content (AvgIpc) is 2.93. The molecule has 1 N–H and O–H groups in total. The normalized spacial score (nSPS) is 10.7. The minimum atomic E-state index is -0.272. The molecule has 1 heterocycles. The first kappa shape index (κ1) is 15.9. The largest absolute Gasteiger partial charge is 0.493 e. The fraction of sp³-hybridized carbons (Fsp3) is 0.467. The van der Waals surface area contributed by atoms with Gasteiger partial charge >= 0.3 is 0 Å². The summed E-state index contributed by atoms with van der Waals surface area (Å²) in [4.78, 5) is 13.5. The van der Waals surface area contributed by atoms with Crippen molar-refractivity contribution in [1.29, 1.82) is 0 Å². The summed E-state index contributed by atoms with van der Waals surface area (Å²) in [6.07, 6.45) is 0.904. The van der Waals surface area contributed by atoms with Gasteiger partial charge in [-0.3, -0.25) is 10.1 Å². The molecule has 2 rings (SSSR count). The highest BCUT2D eigenvalue weighted by Crippen LogP contribution is 2.14. The van der Waals surface area contributed by atoms with E-state index in [0.717, 1.165) is 12.2 Å². The van der Waals surface area contributed by atoms with Crippen LogP contribution in [0.5, 0.6) is 5.75 Å². The number of nitrogens with one attached hydrogen (secondary N) is 1. The highest BCUT2D eigenvalue weighted by molar-refractivity contribution is 6.03. The number of nitrogens with zero attached hydrogens (tertiary/aromatic N) is 4. The van der Waals surface area contributed by atoms with E-state index in [1.54, 1.807) is 24.3 Å². The molecule has 0 spiro atoms. The van der Waals surface area contributed by atoms with Crippen LogP contribution in [0.1, 0.15) is 37.6 Å². The summed E-state index contributed by atoms with van der Waals surface area (Å²) in [5.41, 5.74) is 0.517. The summed E-state index contributed by atoms with van der Waals surface area (Å²) in [5, 5.41) is 14.3. The lowest BCUT2D eigenvalue weighted by Crippen LogP contribution is -2.13. The van der Waals surface area contributed by atoms with Gasteiger partial charge in [-0.15, -0.1) is 5.10 Å². The minimum Gasteiger partial charge on any atom is -0.493 e. The molecular weight excluding hydrogens is 282 g/mol. The van der Waals surface area contributed by atoms with Gasteiger partial charge in [-0.25, -0.2) is 0 Å². The van der Waals surface area contributed by atoms with Crippen molar-refractivity contribution in [2.75, 3.05) is 11.9 Å². The SMILES string of the molecule is CCCn1nnc(NC(=O)c2ccc(OCC(C)C)cc2)n1. The third-order valence-corrected chi connectivity index (χ3v) is 2.80. The Hall–Kier alpha value is -2.44. The average molecular weight is 303 g/mol. The van der Waals surface area contributed by atoms with Crippen molar-refractivity contribution in [3.05, 3.63) is 29.8 Å². The first-order valence-corrected chi connectivity index (χ1v) is 7.40. The van der Waals surface area contributed by atoms with Crippen molar-refractivity contribution in [2.24, 2.45) is 5.92 Å². The van der Waals surface area contributed by atoms with E-state index in [1.807, 2.05) is 6.92 Å². The smallest absolute Gasteiger partial charge is 0.270 e. The second-order valence-corrected chi connectivity index (χ2v) is 5.39. The molecule has 0 atom stereocenters. The molecule has 7 nitrogen and oxygen atoms in total. The molecule has 1 aromatic heterocycles. The maximum atomic E-state index is 12.1. The van der Waals surface area contributed by atoms with Crippen LogP contribution >= 0.6 is 0 Å². The number of ether oxygens (including phenoxy) is 1. The van der Waals surface area contributed by atoms with Crippen molar-refractivity contribution >= 4 is 11.9 Å². The fourth-order valence-corrected chi connectivity index (χ4v) is 1.73. The van der Waals surface area contributed by atoms with Crippen molar-refractivity contribution in [3.8, 4) is 5.75 Å². The monoisotopic (exact) mass is 303 g/mol. The highest BCUT2D eigenvalue weighted by Gasteiger charge is 2.10. The number of carbonyl (C=O) groups is 1. The van der Waals surface area contributed by atoms with Crippen LogP contribution in [0.25, 0.3) is 0 Å². The first-order valence-electron chi connectivity index (χ1n) is 7.40. The topological polar surface area (TPSA) is 81.9 Å². The molecule has 0 unspecified atom stereocenters. The van der Waals surface area contributed by atoms with E-state index in [9.17, 15) is 4.79 Å². The zero-order valence-electron chi connectivity index (χ0n) is 13.1. The van der Waals surface area contributed by atoms with Gasteiger partial charge in [0.2, 0.25) is 0 Å². The molecule has 118 valence electrons. The summed E-state index contributed by atoms with van der Waals surface area (Å²) in [6.45, 7) is 7.51. The van der Waals surface area contributed by atoms with Crippen LogP contribution in [0.2, 0.25) is 0 Å². The number of aromatic nitrogens is 4. The molecule has 0 aliphatic rings. The minimum absolute atomic E-state index is 0.207. The third-order valence-electron chi connectivity index (χ3n) is 2.80. The van der Waals surface area contributed by atoms with Gasteiger partial charge in [0.25, 0.3) is 11.9 Å². The van der Waals surface area contributed by atoms with Gasteiger partial charge in [0, 0.05) is 5.56 Å². The number of tetrazole rings is 1. The molecule has 0 bridgehead atoms. The van der Waals surface area contributed by atoms with Gasteiger partial charge in [0.05, 0.1) is 13.2 Å². The zero-order chi connectivity index (χ0) is 15.9. The molecule has 0 fully saturated rings. The van der Waals surface area contributed by atoms with E-state index in [2.05, 4.69) is 34.6 Å². The molecule has 7 heteroatoms. The van der Waals surface area contributed by atoms with Gasteiger partial charge in [-0.1, -0.05) is 25.9 Å². The Balaban J connectivity index is 1.94. The number of hydrogen-bond acceptors (Lipinski definition) is 5. The molecule has 2 aromatic rings.